The third kappa shape index (κ3) is 5.15. The second-order valence-electron chi connectivity index (χ2n) is 6.91. The molecule has 0 saturated carbocycles. The Kier molecular flexibility index (Phi) is 6.93. The highest BCUT2D eigenvalue weighted by Gasteiger charge is 2.25. The lowest BCUT2D eigenvalue weighted by Crippen LogP contribution is -2.50. The average Bonchev–Trinajstić information content (AvgIpc) is 2.80. The minimum absolute atomic E-state index is 0.111. The first-order valence-corrected chi connectivity index (χ1v) is 9.78. The van der Waals surface area contributed by atoms with E-state index in [2.05, 4.69) is 10.7 Å². The van der Waals surface area contributed by atoms with Crippen LogP contribution in [0.25, 0.3) is 0 Å². The van der Waals surface area contributed by atoms with E-state index in [0.717, 1.165) is 5.01 Å². The van der Waals surface area contributed by atoms with Gasteiger partial charge in [-0.1, -0.05) is 0 Å². The summed E-state index contributed by atoms with van der Waals surface area (Å²) >= 11 is 0. The molecule has 0 aliphatic carbocycles. The van der Waals surface area contributed by atoms with Crippen molar-refractivity contribution < 1.29 is 33.4 Å². The van der Waals surface area contributed by atoms with E-state index >= 15 is 0 Å². The number of methoxy groups -OCH3 is 2. The first-order chi connectivity index (χ1) is 15.3. The van der Waals surface area contributed by atoms with E-state index in [9.17, 15) is 19.2 Å². The zero-order chi connectivity index (χ0) is 23.3. The van der Waals surface area contributed by atoms with Crippen LogP contribution in [0.3, 0.4) is 0 Å². The molecule has 1 heterocycles. The van der Waals surface area contributed by atoms with Crippen molar-refractivity contribution in [1.29, 1.82) is 0 Å². The molecule has 2 aromatic carbocycles. The maximum absolute atomic E-state index is 12.5. The number of amides is 3. The van der Waals surface area contributed by atoms with Gasteiger partial charge in [0.05, 0.1) is 31.2 Å². The van der Waals surface area contributed by atoms with Crippen LogP contribution >= 0.6 is 0 Å². The molecule has 3 amide bonds. The summed E-state index contributed by atoms with van der Waals surface area (Å²) in [5, 5.41) is 3.79. The summed E-state index contributed by atoms with van der Waals surface area (Å²) in [7, 11) is 2.96. The number of rotatable bonds is 7. The van der Waals surface area contributed by atoms with Crippen LogP contribution in [0.4, 0.5) is 11.4 Å². The summed E-state index contributed by atoms with van der Waals surface area (Å²) in [5.41, 5.74) is 3.44. The van der Waals surface area contributed by atoms with E-state index in [-0.39, 0.29) is 30.2 Å². The molecule has 10 nitrogen and oxygen atoms in total. The van der Waals surface area contributed by atoms with Gasteiger partial charge < -0.3 is 19.5 Å². The molecule has 2 N–H and O–H groups in total. The molecule has 1 fully saturated rings. The van der Waals surface area contributed by atoms with Gasteiger partial charge in [0.1, 0.15) is 11.5 Å². The van der Waals surface area contributed by atoms with Crippen molar-refractivity contribution in [2.45, 2.75) is 25.9 Å². The molecule has 1 atom stereocenters. The van der Waals surface area contributed by atoms with Crippen molar-refractivity contribution in [2.24, 2.45) is 0 Å². The van der Waals surface area contributed by atoms with Gasteiger partial charge in [-0.3, -0.25) is 19.8 Å². The number of anilines is 2. The lowest BCUT2D eigenvalue weighted by atomic mass is 10.1. The molecule has 1 aliphatic rings. The Morgan fingerprint density at radius 3 is 2.41 bits per heavy atom. The van der Waals surface area contributed by atoms with Gasteiger partial charge in [0.15, 0.2) is 6.10 Å². The Morgan fingerprint density at radius 1 is 1.03 bits per heavy atom. The van der Waals surface area contributed by atoms with Crippen LogP contribution in [-0.2, 0) is 19.1 Å². The molecular weight excluding hydrogens is 418 g/mol. The fourth-order valence-corrected chi connectivity index (χ4v) is 2.96. The van der Waals surface area contributed by atoms with E-state index in [0.29, 0.717) is 22.9 Å². The van der Waals surface area contributed by atoms with Crippen LogP contribution in [0.15, 0.2) is 42.5 Å². The Balaban J connectivity index is 1.63. The normalized spacial score (nSPS) is 14.3. The molecule has 10 heteroatoms. The van der Waals surface area contributed by atoms with Crippen LogP contribution in [-0.4, -0.2) is 44.0 Å². The smallest absolute Gasteiger partial charge is 0.338 e. The molecule has 2 aromatic rings. The Labute approximate surface area is 184 Å². The minimum Gasteiger partial charge on any atom is -0.497 e. The monoisotopic (exact) mass is 441 g/mol. The summed E-state index contributed by atoms with van der Waals surface area (Å²) < 4.78 is 15.6. The zero-order valence-electron chi connectivity index (χ0n) is 17.8. The first kappa shape index (κ1) is 22.6. The number of carbonyl (C=O) groups is 4. The predicted octanol–water partition coefficient (Wildman–Crippen LogP) is 2.05. The molecule has 1 saturated heterocycles. The topological polar surface area (TPSA) is 123 Å². The minimum atomic E-state index is -1.10. The molecule has 0 aromatic heterocycles. The number of carbonyl (C=O) groups excluding carboxylic acids is 4. The van der Waals surface area contributed by atoms with Crippen molar-refractivity contribution in [1.82, 2.24) is 5.43 Å². The Hall–Kier alpha value is -4.08. The van der Waals surface area contributed by atoms with Gasteiger partial charge in [0, 0.05) is 18.9 Å². The van der Waals surface area contributed by atoms with Gasteiger partial charge in [0.2, 0.25) is 11.8 Å². The number of hydrazine groups is 1. The van der Waals surface area contributed by atoms with E-state index in [1.54, 1.807) is 18.2 Å². The molecule has 0 bridgehead atoms. The SMILES string of the molecule is COc1ccc(OC)c(NC(=O)C(C)OC(=O)c2ccc(N3NC(=O)CCC3=O)cc2)c1. The van der Waals surface area contributed by atoms with Gasteiger partial charge in [-0.05, 0) is 43.3 Å². The van der Waals surface area contributed by atoms with Crippen LogP contribution in [0, 0.1) is 0 Å². The number of esters is 1. The third-order valence-electron chi connectivity index (χ3n) is 4.73. The maximum atomic E-state index is 12.5. The molecule has 168 valence electrons. The molecule has 32 heavy (non-hydrogen) atoms. The van der Waals surface area contributed by atoms with Gasteiger partial charge in [-0.2, -0.15) is 0 Å². The van der Waals surface area contributed by atoms with Crippen molar-refractivity contribution in [3.8, 4) is 11.5 Å². The standard InChI is InChI=1S/C22H23N3O7/c1-13(21(28)23-17-12-16(30-2)8-9-18(17)31-3)32-22(29)14-4-6-15(7-5-14)25-20(27)11-10-19(26)24-25/h4-9,12-13H,10-11H2,1-3H3,(H,23,28)(H,24,26). The van der Waals surface area contributed by atoms with Crippen LogP contribution in [0.5, 0.6) is 11.5 Å². The van der Waals surface area contributed by atoms with Crippen molar-refractivity contribution in [2.75, 3.05) is 24.5 Å². The average molecular weight is 441 g/mol. The van der Waals surface area contributed by atoms with Gasteiger partial charge in [-0.15, -0.1) is 0 Å². The lowest BCUT2D eigenvalue weighted by Gasteiger charge is -2.27. The van der Waals surface area contributed by atoms with Gasteiger partial charge in [-0.25, -0.2) is 9.80 Å². The van der Waals surface area contributed by atoms with Gasteiger partial charge in [0.25, 0.3) is 5.91 Å². The van der Waals surface area contributed by atoms with E-state index in [4.69, 9.17) is 14.2 Å². The highest BCUT2D eigenvalue weighted by atomic mass is 16.5. The van der Waals surface area contributed by atoms with E-state index in [1.165, 1.54) is 45.4 Å². The van der Waals surface area contributed by atoms with Crippen LogP contribution in [0.1, 0.15) is 30.1 Å². The molecular formula is C22H23N3O7. The summed E-state index contributed by atoms with van der Waals surface area (Å²) in [6.07, 6.45) is -0.845. The highest BCUT2D eigenvalue weighted by molar-refractivity contribution is 6.02. The number of benzene rings is 2. The first-order valence-electron chi connectivity index (χ1n) is 9.78. The highest BCUT2D eigenvalue weighted by Crippen LogP contribution is 2.29. The van der Waals surface area contributed by atoms with Gasteiger partial charge >= 0.3 is 5.97 Å². The molecule has 1 aliphatic heterocycles. The predicted molar refractivity (Wildman–Crippen MR) is 114 cm³/mol. The number of nitrogens with one attached hydrogen (secondary N) is 2. The molecule has 1 unspecified atom stereocenters. The van der Waals surface area contributed by atoms with E-state index < -0.39 is 18.0 Å². The zero-order valence-corrected chi connectivity index (χ0v) is 17.8. The third-order valence-corrected chi connectivity index (χ3v) is 4.73. The summed E-state index contributed by atoms with van der Waals surface area (Å²) in [6, 6.07) is 10.8. The summed E-state index contributed by atoms with van der Waals surface area (Å²) in [6.45, 7) is 1.44. The molecule has 0 spiro atoms. The Bertz CT molecular complexity index is 1040. The molecule has 3 rings (SSSR count). The quantitative estimate of drug-likeness (QED) is 0.630. The van der Waals surface area contributed by atoms with E-state index in [1.807, 2.05) is 0 Å². The number of hydrogen-bond donors (Lipinski definition) is 2. The van der Waals surface area contributed by atoms with Crippen LogP contribution < -0.4 is 25.2 Å². The summed E-state index contributed by atoms with van der Waals surface area (Å²) in [5.74, 6) is -0.838. The largest absolute Gasteiger partial charge is 0.497 e. The maximum Gasteiger partial charge on any atom is 0.338 e. The van der Waals surface area contributed by atoms with Crippen molar-refractivity contribution >= 4 is 35.1 Å². The fraction of sp³-hybridized carbons (Fsp3) is 0.273. The van der Waals surface area contributed by atoms with Crippen molar-refractivity contribution in [3.63, 3.8) is 0 Å². The second kappa shape index (κ2) is 9.82. The number of hydrogen-bond acceptors (Lipinski definition) is 7. The Morgan fingerprint density at radius 2 is 1.75 bits per heavy atom. The number of nitrogens with zero attached hydrogens (tertiary/aromatic N) is 1. The fourth-order valence-electron chi connectivity index (χ4n) is 2.96. The number of ether oxygens (including phenoxy) is 3. The van der Waals surface area contributed by atoms with Crippen LogP contribution in [0.2, 0.25) is 0 Å². The lowest BCUT2D eigenvalue weighted by molar-refractivity contribution is -0.130. The molecule has 0 radical (unpaired) electrons. The second-order valence-corrected chi connectivity index (χ2v) is 6.91. The van der Waals surface area contributed by atoms with Crippen molar-refractivity contribution in [3.05, 3.63) is 48.0 Å². The summed E-state index contributed by atoms with van der Waals surface area (Å²) in [4.78, 5) is 48.4.